The van der Waals surface area contributed by atoms with Crippen LogP contribution in [0.4, 0.5) is 5.69 Å². The van der Waals surface area contributed by atoms with Crippen molar-refractivity contribution < 1.29 is 19.1 Å². The van der Waals surface area contributed by atoms with Crippen LogP contribution in [0.5, 0.6) is 0 Å². The van der Waals surface area contributed by atoms with Crippen LogP contribution in [-0.4, -0.2) is 30.7 Å². The van der Waals surface area contributed by atoms with E-state index in [0.717, 1.165) is 11.3 Å². The molecule has 0 aliphatic carbocycles. The highest BCUT2D eigenvalue weighted by Crippen LogP contribution is 2.29. The fraction of sp³-hybridized carbons (Fsp3) is 0.263. The smallest absolute Gasteiger partial charge is 0.338 e. The SMILES string of the molecule is CCOC(=O)C1OC1C(=O)N(Cc1ccccc1)c1ccccc1. The summed E-state index contributed by atoms with van der Waals surface area (Å²) in [6.07, 6.45) is -1.56. The summed E-state index contributed by atoms with van der Waals surface area (Å²) in [6, 6.07) is 19.1. The zero-order valence-corrected chi connectivity index (χ0v) is 13.4. The Labute approximate surface area is 140 Å². The van der Waals surface area contributed by atoms with Crippen LogP contribution in [0, 0.1) is 0 Å². The average molecular weight is 325 g/mol. The van der Waals surface area contributed by atoms with E-state index in [1.807, 2.05) is 60.7 Å². The van der Waals surface area contributed by atoms with Crippen molar-refractivity contribution >= 4 is 17.6 Å². The molecule has 0 N–H and O–H groups in total. The van der Waals surface area contributed by atoms with Crippen molar-refractivity contribution in [2.45, 2.75) is 25.7 Å². The Morgan fingerprint density at radius 3 is 2.25 bits per heavy atom. The third kappa shape index (κ3) is 3.63. The number of benzene rings is 2. The van der Waals surface area contributed by atoms with Crippen LogP contribution in [0.2, 0.25) is 0 Å². The molecule has 2 aromatic rings. The highest BCUT2D eigenvalue weighted by Gasteiger charge is 2.53. The number of rotatable bonds is 6. The second-order valence-corrected chi connectivity index (χ2v) is 5.47. The zero-order valence-electron chi connectivity index (χ0n) is 13.4. The first-order chi connectivity index (χ1) is 11.7. The fourth-order valence-corrected chi connectivity index (χ4v) is 2.53. The summed E-state index contributed by atoms with van der Waals surface area (Å²) in [5, 5.41) is 0. The highest BCUT2D eigenvalue weighted by molar-refractivity contribution is 6.02. The Kier molecular flexibility index (Phi) is 4.91. The molecule has 1 heterocycles. The minimum Gasteiger partial charge on any atom is -0.464 e. The van der Waals surface area contributed by atoms with Gasteiger partial charge >= 0.3 is 5.97 Å². The highest BCUT2D eigenvalue weighted by atomic mass is 16.6. The van der Waals surface area contributed by atoms with E-state index < -0.39 is 18.2 Å². The summed E-state index contributed by atoms with van der Waals surface area (Å²) in [6.45, 7) is 2.41. The predicted octanol–water partition coefficient (Wildman–Crippen LogP) is 2.55. The van der Waals surface area contributed by atoms with Gasteiger partial charge in [-0.1, -0.05) is 48.5 Å². The molecule has 0 bridgehead atoms. The van der Waals surface area contributed by atoms with Crippen LogP contribution >= 0.6 is 0 Å². The molecular formula is C19H19NO4. The number of para-hydroxylation sites is 1. The van der Waals surface area contributed by atoms with E-state index in [9.17, 15) is 9.59 Å². The first-order valence-electron chi connectivity index (χ1n) is 7.93. The lowest BCUT2D eigenvalue weighted by Crippen LogP contribution is -2.35. The molecule has 1 aliphatic rings. The molecule has 124 valence electrons. The van der Waals surface area contributed by atoms with E-state index in [4.69, 9.17) is 9.47 Å². The van der Waals surface area contributed by atoms with Gasteiger partial charge in [0, 0.05) is 5.69 Å². The van der Waals surface area contributed by atoms with Gasteiger partial charge in [0.15, 0.2) is 12.2 Å². The van der Waals surface area contributed by atoms with E-state index in [1.165, 1.54) is 0 Å². The maximum absolute atomic E-state index is 12.8. The number of ether oxygens (including phenoxy) is 2. The molecule has 2 unspecified atom stereocenters. The predicted molar refractivity (Wildman–Crippen MR) is 89.4 cm³/mol. The molecular weight excluding hydrogens is 306 g/mol. The summed E-state index contributed by atoms with van der Waals surface area (Å²) in [5.74, 6) is -0.716. The summed E-state index contributed by atoms with van der Waals surface area (Å²) in [7, 11) is 0. The lowest BCUT2D eigenvalue weighted by molar-refractivity contribution is -0.144. The molecule has 3 rings (SSSR count). The van der Waals surface area contributed by atoms with E-state index in [-0.39, 0.29) is 12.5 Å². The molecule has 2 atom stereocenters. The Bertz CT molecular complexity index is 702. The summed E-state index contributed by atoms with van der Waals surface area (Å²) < 4.78 is 10.2. The van der Waals surface area contributed by atoms with Gasteiger partial charge in [-0.15, -0.1) is 0 Å². The number of epoxide rings is 1. The molecule has 5 nitrogen and oxygen atoms in total. The standard InChI is InChI=1S/C19H19NO4/c1-2-23-19(22)17-16(24-17)18(21)20(15-11-7-4-8-12-15)13-14-9-5-3-6-10-14/h3-12,16-17H,2,13H2,1H3. The van der Waals surface area contributed by atoms with Crippen LogP contribution in [0.1, 0.15) is 12.5 Å². The van der Waals surface area contributed by atoms with Crippen molar-refractivity contribution in [2.24, 2.45) is 0 Å². The third-order valence-corrected chi connectivity index (χ3v) is 3.77. The normalized spacial score (nSPS) is 18.7. The van der Waals surface area contributed by atoms with Gasteiger partial charge in [-0.05, 0) is 24.6 Å². The van der Waals surface area contributed by atoms with Gasteiger partial charge in [0.2, 0.25) is 0 Å². The molecule has 5 heteroatoms. The minimum atomic E-state index is -0.792. The fourth-order valence-electron chi connectivity index (χ4n) is 2.53. The molecule has 1 saturated heterocycles. The van der Waals surface area contributed by atoms with Crippen molar-refractivity contribution in [3.05, 3.63) is 66.2 Å². The number of hydrogen-bond acceptors (Lipinski definition) is 4. The van der Waals surface area contributed by atoms with E-state index in [0.29, 0.717) is 6.54 Å². The van der Waals surface area contributed by atoms with E-state index in [2.05, 4.69) is 0 Å². The molecule has 2 aromatic carbocycles. The lowest BCUT2D eigenvalue weighted by Gasteiger charge is -2.22. The number of amides is 1. The van der Waals surface area contributed by atoms with Gasteiger partial charge in [-0.2, -0.15) is 0 Å². The van der Waals surface area contributed by atoms with Crippen LogP contribution in [0.3, 0.4) is 0 Å². The van der Waals surface area contributed by atoms with Crippen molar-refractivity contribution in [1.29, 1.82) is 0 Å². The Hall–Kier alpha value is -2.66. The third-order valence-electron chi connectivity index (χ3n) is 3.77. The van der Waals surface area contributed by atoms with E-state index >= 15 is 0 Å². The summed E-state index contributed by atoms with van der Waals surface area (Å²) in [5.41, 5.74) is 1.77. The number of carbonyl (C=O) groups is 2. The van der Waals surface area contributed by atoms with Gasteiger partial charge in [-0.3, -0.25) is 4.79 Å². The van der Waals surface area contributed by atoms with Gasteiger partial charge in [0.05, 0.1) is 13.2 Å². The van der Waals surface area contributed by atoms with Crippen molar-refractivity contribution in [3.8, 4) is 0 Å². The number of hydrogen-bond donors (Lipinski definition) is 0. The maximum atomic E-state index is 12.8. The number of carbonyl (C=O) groups excluding carboxylic acids is 2. The summed E-state index contributed by atoms with van der Waals surface area (Å²) in [4.78, 5) is 26.2. The van der Waals surface area contributed by atoms with Crippen molar-refractivity contribution in [1.82, 2.24) is 0 Å². The molecule has 24 heavy (non-hydrogen) atoms. The van der Waals surface area contributed by atoms with Gasteiger partial charge in [-0.25, -0.2) is 4.79 Å². The molecule has 0 saturated carbocycles. The first kappa shape index (κ1) is 16.2. The van der Waals surface area contributed by atoms with Crippen LogP contribution in [-0.2, 0) is 25.6 Å². The number of esters is 1. The monoisotopic (exact) mass is 325 g/mol. The Balaban J connectivity index is 1.78. The van der Waals surface area contributed by atoms with Crippen molar-refractivity contribution in [3.63, 3.8) is 0 Å². The number of anilines is 1. The number of nitrogens with zero attached hydrogens (tertiary/aromatic N) is 1. The van der Waals surface area contributed by atoms with Gasteiger partial charge in [0.25, 0.3) is 5.91 Å². The average Bonchev–Trinajstić information content (AvgIpc) is 3.42. The maximum Gasteiger partial charge on any atom is 0.338 e. The molecule has 0 radical (unpaired) electrons. The van der Waals surface area contributed by atoms with E-state index in [1.54, 1.807) is 11.8 Å². The van der Waals surface area contributed by atoms with Crippen LogP contribution in [0.15, 0.2) is 60.7 Å². The topological polar surface area (TPSA) is 59.1 Å². The molecule has 1 fully saturated rings. The second-order valence-electron chi connectivity index (χ2n) is 5.47. The lowest BCUT2D eigenvalue weighted by atomic mass is 10.1. The van der Waals surface area contributed by atoms with Gasteiger partial charge in [0.1, 0.15) is 0 Å². The molecule has 0 aromatic heterocycles. The first-order valence-corrected chi connectivity index (χ1v) is 7.93. The molecule has 0 spiro atoms. The summed E-state index contributed by atoms with van der Waals surface area (Å²) >= 11 is 0. The van der Waals surface area contributed by atoms with Crippen LogP contribution in [0.25, 0.3) is 0 Å². The molecule has 1 aliphatic heterocycles. The van der Waals surface area contributed by atoms with Gasteiger partial charge < -0.3 is 14.4 Å². The second kappa shape index (κ2) is 7.27. The quantitative estimate of drug-likeness (QED) is 0.605. The zero-order chi connectivity index (χ0) is 16.9. The Morgan fingerprint density at radius 2 is 1.62 bits per heavy atom. The van der Waals surface area contributed by atoms with Crippen LogP contribution < -0.4 is 4.90 Å². The Morgan fingerprint density at radius 1 is 1.00 bits per heavy atom. The molecule has 1 amide bonds. The van der Waals surface area contributed by atoms with Crippen molar-refractivity contribution in [2.75, 3.05) is 11.5 Å². The largest absolute Gasteiger partial charge is 0.464 e. The minimum absolute atomic E-state index is 0.233.